The van der Waals surface area contributed by atoms with Gasteiger partial charge in [-0.2, -0.15) is 13.2 Å². The molecular weight excluding hydrogens is 517 g/mol. The molecule has 0 saturated carbocycles. The van der Waals surface area contributed by atoms with Gasteiger partial charge in [0.1, 0.15) is 10.5 Å². The van der Waals surface area contributed by atoms with Crippen molar-refractivity contribution in [2.24, 2.45) is 0 Å². The van der Waals surface area contributed by atoms with Crippen molar-refractivity contribution in [3.63, 3.8) is 0 Å². The van der Waals surface area contributed by atoms with Crippen LogP contribution in [0.4, 0.5) is 46.5 Å². The first-order chi connectivity index (χ1) is 15.9. The molecule has 9 nitrogen and oxygen atoms in total. The lowest BCUT2D eigenvalue weighted by Gasteiger charge is -2.14. The summed E-state index contributed by atoms with van der Waals surface area (Å²) in [6.07, 6.45) is -5.19. The fourth-order valence-electron chi connectivity index (χ4n) is 2.62. The van der Waals surface area contributed by atoms with E-state index < -0.39 is 29.6 Å². The van der Waals surface area contributed by atoms with Gasteiger partial charge in [0.25, 0.3) is 0 Å². The molecule has 0 radical (unpaired) electrons. The number of nitrogens with one attached hydrogen (secondary N) is 6. The minimum atomic E-state index is -5.19. The van der Waals surface area contributed by atoms with E-state index in [1.54, 1.807) is 30.3 Å². The summed E-state index contributed by atoms with van der Waals surface area (Å²) in [6.45, 7) is 0. The van der Waals surface area contributed by atoms with E-state index in [4.69, 9.17) is 36.0 Å². The smallest absolute Gasteiger partial charge is 0.471 e. The normalized spacial score (nSPS) is 10.9. The quantitative estimate of drug-likeness (QED) is 0.122. The highest BCUT2D eigenvalue weighted by atomic mass is 35.5. The molecule has 15 heteroatoms. The number of aromatic hydroxyl groups is 1. The van der Waals surface area contributed by atoms with Crippen molar-refractivity contribution in [3.8, 4) is 5.75 Å². The first-order valence-corrected chi connectivity index (χ1v) is 10.3. The number of hydrogen-bond acceptors (Lipinski definition) is 6. The van der Waals surface area contributed by atoms with Crippen LogP contribution in [-0.4, -0.2) is 33.2 Å². The van der Waals surface area contributed by atoms with Crippen LogP contribution in [0.25, 0.3) is 0 Å². The summed E-state index contributed by atoms with van der Waals surface area (Å²) in [5.74, 6) is -2.59. The van der Waals surface area contributed by atoms with E-state index in [0.717, 1.165) is 12.1 Å². The Hall–Kier alpha value is -3.62. The van der Waals surface area contributed by atoms with E-state index in [0.29, 0.717) is 26.6 Å². The fraction of sp³-hybridized carbons (Fsp3) is 0.0526. The molecule has 3 aromatic rings. The number of anilines is 5. The maximum atomic E-state index is 12.5. The Bertz CT molecular complexity index is 1350. The molecule has 0 aliphatic rings. The molecule has 1 aromatic heterocycles. The molecule has 178 valence electrons. The highest BCUT2D eigenvalue weighted by molar-refractivity contribution is 7.72. The van der Waals surface area contributed by atoms with Crippen LogP contribution in [0, 0.1) is 9.41 Å². The Morgan fingerprint density at radius 2 is 1.62 bits per heavy atom. The number of carbonyl (C=O) groups excluding carboxylic acids is 2. The Balaban J connectivity index is 1.72. The zero-order valence-electron chi connectivity index (χ0n) is 16.6. The summed E-state index contributed by atoms with van der Waals surface area (Å²) in [5.41, 5.74) is 0.222. The number of phenols is 1. The van der Waals surface area contributed by atoms with Crippen LogP contribution in [0.5, 0.6) is 5.75 Å². The lowest BCUT2D eigenvalue weighted by Crippen LogP contribution is -2.30. The third-order valence-corrected chi connectivity index (χ3v) is 4.70. The molecule has 3 amide bonds. The van der Waals surface area contributed by atoms with E-state index in [1.807, 2.05) is 0 Å². The topological polar surface area (TPSA) is 134 Å². The fourth-order valence-corrected chi connectivity index (χ4v) is 3.34. The second kappa shape index (κ2) is 10.1. The number of rotatable bonds is 5. The van der Waals surface area contributed by atoms with Gasteiger partial charge in [-0.05, 0) is 42.5 Å². The van der Waals surface area contributed by atoms with Crippen molar-refractivity contribution in [2.45, 2.75) is 6.18 Å². The van der Waals surface area contributed by atoms with E-state index in [9.17, 15) is 27.9 Å². The van der Waals surface area contributed by atoms with Gasteiger partial charge >= 0.3 is 18.1 Å². The largest absolute Gasteiger partial charge is 0.504 e. The Kier molecular flexibility index (Phi) is 7.44. The number of aromatic nitrogens is 2. The number of urea groups is 1. The predicted octanol–water partition coefficient (Wildman–Crippen LogP) is 6.05. The van der Waals surface area contributed by atoms with Gasteiger partial charge in [0.15, 0.2) is 10.5 Å². The monoisotopic (exact) mass is 530 g/mol. The number of aromatic amines is 2. The molecular formula is C19H14ClF3N6O3S2. The van der Waals surface area contributed by atoms with Crippen LogP contribution in [0.2, 0.25) is 5.02 Å². The number of halogens is 4. The minimum absolute atomic E-state index is 0.0851. The molecule has 0 spiro atoms. The molecule has 0 fully saturated rings. The molecule has 0 aliphatic heterocycles. The van der Waals surface area contributed by atoms with Crippen LogP contribution in [-0.2, 0) is 4.79 Å². The summed E-state index contributed by atoms with van der Waals surface area (Å²) in [6, 6.07) is 9.41. The molecule has 0 aliphatic carbocycles. The van der Waals surface area contributed by atoms with Crippen LogP contribution in [0.15, 0.2) is 42.5 Å². The lowest BCUT2D eigenvalue weighted by molar-refractivity contribution is -0.167. The average molecular weight is 531 g/mol. The number of hydrogen-bond donors (Lipinski definition) is 7. The summed E-state index contributed by atoms with van der Waals surface area (Å²) < 4.78 is 38.2. The number of alkyl halides is 3. The average Bonchev–Trinajstić information content (AvgIpc) is 2.70. The lowest BCUT2D eigenvalue weighted by atomic mass is 10.2. The summed E-state index contributed by atoms with van der Waals surface area (Å²) in [5, 5.41) is 18.9. The third kappa shape index (κ3) is 6.69. The van der Waals surface area contributed by atoms with Crippen LogP contribution in [0.3, 0.4) is 0 Å². The van der Waals surface area contributed by atoms with Crippen LogP contribution < -0.4 is 21.3 Å². The van der Waals surface area contributed by atoms with Crippen molar-refractivity contribution in [2.75, 3.05) is 21.3 Å². The van der Waals surface area contributed by atoms with Gasteiger partial charge in [-0.3, -0.25) is 4.79 Å². The molecule has 7 N–H and O–H groups in total. The van der Waals surface area contributed by atoms with Gasteiger partial charge in [-0.1, -0.05) is 29.9 Å². The predicted molar refractivity (Wildman–Crippen MR) is 127 cm³/mol. The number of carbonyl (C=O) groups is 2. The van der Waals surface area contributed by atoms with Gasteiger partial charge in [0.05, 0.1) is 10.7 Å². The highest BCUT2D eigenvalue weighted by Crippen LogP contribution is 2.36. The number of amides is 3. The van der Waals surface area contributed by atoms with Crippen molar-refractivity contribution in [3.05, 3.63) is 56.9 Å². The molecule has 1 heterocycles. The van der Waals surface area contributed by atoms with Crippen molar-refractivity contribution >= 4 is 76.5 Å². The Labute approximate surface area is 204 Å². The number of phenolic OH excluding ortho intramolecular Hbond substituents is 1. The summed E-state index contributed by atoms with van der Waals surface area (Å²) in [4.78, 5) is 29.2. The summed E-state index contributed by atoms with van der Waals surface area (Å²) in [7, 11) is 0. The Morgan fingerprint density at radius 1 is 0.941 bits per heavy atom. The maximum absolute atomic E-state index is 12.5. The molecule has 3 rings (SSSR count). The molecule has 0 saturated heterocycles. The highest BCUT2D eigenvalue weighted by Gasteiger charge is 2.39. The first-order valence-electron chi connectivity index (χ1n) is 9.10. The van der Waals surface area contributed by atoms with Gasteiger partial charge < -0.3 is 36.3 Å². The summed E-state index contributed by atoms with van der Waals surface area (Å²) >= 11 is 15.9. The number of H-pyrrole nitrogens is 2. The van der Waals surface area contributed by atoms with Gasteiger partial charge in [0, 0.05) is 23.1 Å². The minimum Gasteiger partial charge on any atom is -0.504 e. The van der Waals surface area contributed by atoms with Gasteiger partial charge in [0.2, 0.25) is 0 Å². The molecule has 2 aromatic carbocycles. The van der Waals surface area contributed by atoms with Crippen LogP contribution >= 0.6 is 36.0 Å². The number of benzene rings is 2. The standard InChI is InChI=1S/C19H14ClF3N6O3S2/c20-11-5-10(6-12(15(11)30)27-16(31)19(21,22)23)26-17(32)25-9-3-1-2-8(4-9)24-13-7-14(33)29-18(34)28-13/h1-7,30H,(H,27,31)(H2,25,26,32)(H3,24,28,29,33,34). The molecule has 0 unspecified atom stereocenters. The second-order valence-corrected chi connectivity index (χ2v) is 7.85. The van der Waals surface area contributed by atoms with Crippen molar-refractivity contribution < 1.29 is 27.9 Å². The second-order valence-electron chi connectivity index (χ2n) is 6.59. The molecule has 0 atom stereocenters. The van der Waals surface area contributed by atoms with Crippen molar-refractivity contribution in [1.29, 1.82) is 0 Å². The van der Waals surface area contributed by atoms with E-state index in [1.165, 1.54) is 5.32 Å². The SMILES string of the molecule is O=C(Nc1cccc(Nc2cc(=S)[nH]c(=S)[nH]2)c1)Nc1cc(Cl)c(O)c(NC(=O)C(F)(F)F)c1. The Morgan fingerprint density at radius 3 is 2.29 bits per heavy atom. The maximum Gasteiger partial charge on any atom is 0.471 e. The molecule has 34 heavy (non-hydrogen) atoms. The van der Waals surface area contributed by atoms with Crippen LogP contribution in [0.1, 0.15) is 0 Å². The zero-order chi connectivity index (χ0) is 25.0. The van der Waals surface area contributed by atoms with E-state index in [2.05, 4.69) is 25.9 Å². The zero-order valence-corrected chi connectivity index (χ0v) is 19.0. The molecule has 0 bridgehead atoms. The van der Waals surface area contributed by atoms with E-state index in [-0.39, 0.29) is 10.7 Å². The van der Waals surface area contributed by atoms with Gasteiger partial charge in [-0.15, -0.1) is 0 Å². The van der Waals surface area contributed by atoms with Crippen molar-refractivity contribution in [1.82, 2.24) is 9.97 Å². The van der Waals surface area contributed by atoms with Gasteiger partial charge in [-0.25, -0.2) is 4.79 Å². The van der Waals surface area contributed by atoms with E-state index >= 15 is 0 Å². The third-order valence-electron chi connectivity index (χ3n) is 3.99. The first kappa shape index (κ1) is 25.0.